The summed E-state index contributed by atoms with van der Waals surface area (Å²) < 4.78 is 1.90. The van der Waals surface area contributed by atoms with Gasteiger partial charge in [-0.25, -0.2) is 9.67 Å². The molecule has 28 heavy (non-hydrogen) atoms. The van der Waals surface area contributed by atoms with E-state index in [1.165, 1.54) is 0 Å². The van der Waals surface area contributed by atoms with Gasteiger partial charge in [0.05, 0.1) is 17.1 Å². The zero-order valence-electron chi connectivity index (χ0n) is 16.6. The molecule has 1 aromatic carbocycles. The number of anilines is 1. The second kappa shape index (κ2) is 7.46. The van der Waals surface area contributed by atoms with Gasteiger partial charge in [0.1, 0.15) is 0 Å². The molecule has 1 aliphatic rings. The van der Waals surface area contributed by atoms with Gasteiger partial charge in [0.25, 0.3) is 5.91 Å². The number of piperazine rings is 1. The summed E-state index contributed by atoms with van der Waals surface area (Å²) in [6.45, 7) is 9.12. The first-order chi connectivity index (χ1) is 13.6. The predicted octanol–water partition coefficient (Wildman–Crippen LogP) is 3.15. The van der Waals surface area contributed by atoms with Crippen molar-refractivity contribution in [2.75, 3.05) is 31.1 Å². The quantitative estimate of drug-likeness (QED) is 0.706. The van der Waals surface area contributed by atoms with Crippen LogP contribution < -0.4 is 4.90 Å². The molecule has 0 unspecified atom stereocenters. The fourth-order valence-electron chi connectivity index (χ4n) is 3.91. The van der Waals surface area contributed by atoms with Crippen LogP contribution in [0.1, 0.15) is 27.3 Å². The first-order valence-corrected chi connectivity index (χ1v) is 9.63. The van der Waals surface area contributed by atoms with Crippen LogP contribution in [0.2, 0.25) is 0 Å². The van der Waals surface area contributed by atoms with E-state index in [4.69, 9.17) is 5.10 Å². The summed E-state index contributed by atoms with van der Waals surface area (Å²) in [5, 5.41) is 4.70. The van der Waals surface area contributed by atoms with E-state index in [0.29, 0.717) is 13.1 Å². The van der Waals surface area contributed by atoms with Gasteiger partial charge in [-0.05, 0) is 44.5 Å². The molecule has 0 atom stereocenters. The molecule has 0 aliphatic carbocycles. The second-order valence-electron chi connectivity index (χ2n) is 7.21. The number of carbonyl (C=O) groups excluding carboxylic acids is 1. The first kappa shape index (κ1) is 18.2. The maximum atomic E-state index is 12.9. The second-order valence-corrected chi connectivity index (χ2v) is 7.21. The molecule has 3 heterocycles. The van der Waals surface area contributed by atoms with E-state index in [0.717, 1.165) is 47.1 Å². The maximum absolute atomic E-state index is 12.9. The third-order valence-corrected chi connectivity index (χ3v) is 5.38. The smallest absolute Gasteiger partial charge is 0.254 e. The number of aromatic nitrogens is 3. The predicted molar refractivity (Wildman–Crippen MR) is 110 cm³/mol. The van der Waals surface area contributed by atoms with Crippen molar-refractivity contribution in [1.82, 2.24) is 19.7 Å². The Morgan fingerprint density at radius 2 is 1.64 bits per heavy atom. The van der Waals surface area contributed by atoms with E-state index >= 15 is 0 Å². The zero-order chi connectivity index (χ0) is 19.7. The Hall–Kier alpha value is -3.15. The van der Waals surface area contributed by atoms with Crippen molar-refractivity contribution in [3.05, 3.63) is 71.2 Å². The van der Waals surface area contributed by atoms with Gasteiger partial charge in [-0.2, -0.15) is 5.10 Å². The lowest BCUT2D eigenvalue weighted by Crippen LogP contribution is -2.49. The van der Waals surface area contributed by atoms with Crippen LogP contribution in [-0.2, 0) is 0 Å². The average molecular weight is 375 g/mol. The molecule has 0 spiro atoms. The van der Waals surface area contributed by atoms with Crippen molar-refractivity contribution in [3.8, 4) is 5.82 Å². The van der Waals surface area contributed by atoms with Gasteiger partial charge in [-0.3, -0.25) is 4.79 Å². The van der Waals surface area contributed by atoms with E-state index in [-0.39, 0.29) is 5.91 Å². The molecule has 0 N–H and O–H groups in total. The van der Waals surface area contributed by atoms with Crippen molar-refractivity contribution in [2.45, 2.75) is 20.8 Å². The monoisotopic (exact) mass is 375 g/mol. The van der Waals surface area contributed by atoms with Gasteiger partial charge in [-0.1, -0.05) is 24.3 Å². The molecule has 6 nitrogen and oxygen atoms in total. The van der Waals surface area contributed by atoms with Crippen molar-refractivity contribution in [1.29, 1.82) is 0 Å². The third-order valence-electron chi connectivity index (χ3n) is 5.38. The lowest BCUT2D eigenvalue weighted by atomic mass is 10.1. The van der Waals surface area contributed by atoms with Crippen LogP contribution in [0, 0.1) is 20.8 Å². The molecule has 1 aliphatic heterocycles. The third kappa shape index (κ3) is 3.26. The van der Waals surface area contributed by atoms with Gasteiger partial charge in [0.15, 0.2) is 5.82 Å². The first-order valence-electron chi connectivity index (χ1n) is 9.63. The van der Waals surface area contributed by atoms with E-state index < -0.39 is 0 Å². The summed E-state index contributed by atoms with van der Waals surface area (Å²) in [7, 11) is 0. The summed E-state index contributed by atoms with van der Waals surface area (Å²) in [5.41, 5.74) is 5.04. The van der Waals surface area contributed by atoms with Crippen LogP contribution in [0.5, 0.6) is 0 Å². The molecule has 0 saturated carbocycles. The molecular weight excluding hydrogens is 350 g/mol. The summed E-state index contributed by atoms with van der Waals surface area (Å²) in [5.74, 6) is 0.943. The fraction of sp³-hybridized carbons (Fsp3) is 0.318. The molecule has 1 amide bonds. The standard InChI is InChI=1S/C22H25N5O/c1-16-8-4-5-9-19(16)22(28)26-14-12-25(13-15-26)21-17(2)24-27(18(21)3)20-10-6-7-11-23-20/h4-11H,12-15H2,1-3H3. The maximum Gasteiger partial charge on any atom is 0.254 e. The van der Waals surface area contributed by atoms with Crippen molar-refractivity contribution in [3.63, 3.8) is 0 Å². The number of amides is 1. The normalized spacial score (nSPS) is 14.4. The number of nitrogens with zero attached hydrogens (tertiary/aromatic N) is 5. The lowest BCUT2D eigenvalue weighted by molar-refractivity contribution is 0.0746. The van der Waals surface area contributed by atoms with Crippen LogP contribution in [0.4, 0.5) is 5.69 Å². The van der Waals surface area contributed by atoms with Crippen molar-refractivity contribution >= 4 is 11.6 Å². The molecule has 0 radical (unpaired) electrons. The number of carbonyl (C=O) groups is 1. The number of hydrogen-bond donors (Lipinski definition) is 0. The Morgan fingerprint density at radius 1 is 0.929 bits per heavy atom. The Morgan fingerprint density at radius 3 is 2.32 bits per heavy atom. The van der Waals surface area contributed by atoms with Gasteiger partial charge >= 0.3 is 0 Å². The Balaban J connectivity index is 1.51. The molecular formula is C22H25N5O. The molecule has 3 aromatic rings. The summed E-state index contributed by atoms with van der Waals surface area (Å²) in [4.78, 5) is 21.6. The van der Waals surface area contributed by atoms with Gasteiger partial charge in [-0.15, -0.1) is 0 Å². The van der Waals surface area contributed by atoms with Gasteiger partial charge in [0, 0.05) is 37.9 Å². The summed E-state index contributed by atoms with van der Waals surface area (Å²) >= 11 is 0. The molecule has 4 rings (SSSR count). The van der Waals surface area contributed by atoms with Crippen LogP contribution in [0.15, 0.2) is 48.7 Å². The summed E-state index contributed by atoms with van der Waals surface area (Å²) in [6.07, 6.45) is 1.78. The largest absolute Gasteiger partial charge is 0.365 e. The number of benzene rings is 1. The van der Waals surface area contributed by atoms with Crippen LogP contribution >= 0.6 is 0 Å². The molecule has 1 fully saturated rings. The highest BCUT2D eigenvalue weighted by Crippen LogP contribution is 2.27. The van der Waals surface area contributed by atoms with Gasteiger partial charge in [0.2, 0.25) is 0 Å². The number of pyridine rings is 1. The Labute approximate surface area is 165 Å². The van der Waals surface area contributed by atoms with Crippen molar-refractivity contribution < 1.29 is 4.79 Å². The van der Waals surface area contributed by atoms with Crippen LogP contribution in [0.25, 0.3) is 5.82 Å². The number of hydrogen-bond acceptors (Lipinski definition) is 4. The zero-order valence-corrected chi connectivity index (χ0v) is 16.6. The van der Waals surface area contributed by atoms with Crippen LogP contribution in [0.3, 0.4) is 0 Å². The van der Waals surface area contributed by atoms with Gasteiger partial charge < -0.3 is 9.80 Å². The van der Waals surface area contributed by atoms with E-state index in [9.17, 15) is 4.79 Å². The number of rotatable bonds is 3. The minimum atomic E-state index is 0.121. The molecule has 2 aromatic heterocycles. The van der Waals surface area contributed by atoms with E-state index in [2.05, 4.69) is 16.8 Å². The molecule has 1 saturated heterocycles. The summed E-state index contributed by atoms with van der Waals surface area (Å²) in [6, 6.07) is 13.6. The Bertz CT molecular complexity index is 987. The minimum Gasteiger partial charge on any atom is -0.365 e. The van der Waals surface area contributed by atoms with E-state index in [1.807, 2.05) is 65.9 Å². The topological polar surface area (TPSA) is 54.3 Å². The highest BCUT2D eigenvalue weighted by Gasteiger charge is 2.26. The number of aryl methyl sites for hydroxylation is 2. The average Bonchev–Trinajstić information content (AvgIpc) is 3.03. The molecule has 0 bridgehead atoms. The van der Waals surface area contributed by atoms with E-state index in [1.54, 1.807) is 6.20 Å². The minimum absolute atomic E-state index is 0.121. The Kier molecular flexibility index (Phi) is 4.86. The van der Waals surface area contributed by atoms with Crippen LogP contribution in [-0.4, -0.2) is 51.8 Å². The molecule has 6 heteroatoms. The fourth-order valence-corrected chi connectivity index (χ4v) is 3.91. The van der Waals surface area contributed by atoms with Crippen molar-refractivity contribution in [2.24, 2.45) is 0 Å². The molecule has 144 valence electrons. The lowest BCUT2D eigenvalue weighted by Gasteiger charge is -2.36. The SMILES string of the molecule is Cc1ccccc1C(=O)N1CCN(c2c(C)nn(-c3ccccn3)c2C)CC1. The highest BCUT2D eigenvalue weighted by molar-refractivity contribution is 5.95. The highest BCUT2D eigenvalue weighted by atomic mass is 16.2.